The second kappa shape index (κ2) is 9.98. The van der Waals surface area contributed by atoms with Gasteiger partial charge in [-0.1, -0.05) is 31.5 Å². The highest BCUT2D eigenvalue weighted by Gasteiger charge is 2.23. The molecule has 0 heterocycles. The lowest BCUT2D eigenvalue weighted by Crippen LogP contribution is -2.25. The predicted molar refractivity (Wildman–Crippen MR) is 94.3 cm³/mol. The van der Waals surface area contributed by atoms with Gasteiger partial charge in [-0.15, -0.1) is 0 Å². The number of nitrogens with zero attached hydrogens (tertiary/aromatic N) is 1. The minimum Gasteiger partial charge on any atom is -0.465 e. The highest BCUT2D eigenvalue weighted by Crippen LogP contribution is 2.29. The number of carbonyl (C=O) groups is 3. The summed E-state index contributed by atoms with van der Waals surface area (Å²) < 4.78 is 4.65. The van der Waals surface area contributed by atoms with Crippen molar-refractivity contribution in [2.24, 2.45) is 10.9 Å². The van der Waals surface area contributed by atoms with Crippen molar-refractivity contribution in [3.8, 4) is 0 Å². The molecule has 0 aliphatic heterocycles. The summed E-state index contributed by atoms with van der Waals surface area (Å²) in [5.74, 6) is -1.75. The molecule has 0 unspecified atom stereocenters. The minimum absolute atomic E-state index is 0.130. The number of ether oxygens (including phenoxy) is 1. The van der Waals surface area contributed by atoms with Crippen molar-refractivity contribution >= 4 is 41.0 Å². The van der Waals surface area contributed by atoms with Crippen LogP contribution in [0.4, 0.5) is 5.69 Å². The quantitative estimate of drug-likeness (QED) is 0.380. The number of aliphatic imine (C=N–C) groups is 1. The summed E-state index contributed by atoms with van der Waals surface area (Å²) in [7, 11) is 1.26. The number of methoxy groups -OCH3 is 1. The highest BCUT2D eigenvalue weighted by atomic mass is 35.5. The van der Waals surface area contributed by atoms with E-state index in [1.165, 1.54) is 19.4 Å². The van der Waals surface area contributed by atoms with Crippen molar-refractivity contribution in [2.75, 3.05) is 7.11 Å². The summed E-state index contributed by atoms with van der Waals surface area (Å²) in [5, 5.41) is 0.130. The lowest BCUT2D eigenvalue weighted by atomic mass is 9.94. The van der Waals surface area contributed by atoms with E-state index in [4.69, 9.17) is 11.6 Å². The molecular weight excluding hydrogens is 330 g/mol. The SMILES string of the molecule is CCCC(=O)C(C=Nc1cccc(C(=O)OC)c1Cl)C(=O)CCC. The van der Waals surface area contributed by atoms with Gasteiger partial charge in [-0.3, -0.25) is 14.6 Å². The number of carbonyl (C=O) groups excluding carboxylic acids is 3. The monoisotopic (exact) mass is 351 g/mol. The molecule has 0 saturated heterocycles. The molecule has 0 spiro atoms. The fourth-order valence-corrected chi connectivity index (χ4v) is 2.44. The summed E-state index contributed by atoms with van der Waals surface area (Å²) in [5.41, 5.74) is 0.503. The zero-order chi connectivity index (χ0) is 18.1. The van der Waals surface area contributed by atoms with Crippen molar-refractivity contribution in [3.63, 3.8) is 0 Å². The van der Waals surface area contributed by atoms with Gasteiger partial charge >= 0.3 is 5.97 Å². The molecule has 6 heteroatoms. The Morgan fingerprint density at radius 1 is 1.17 bits per heavy atom. The molecule has 0 aromatic heterocycles. The number of Topliss-reactive ketones (excluding diaryl/α,β-unsaturated/α-hetero) is 2. The van der Waals surface area contributed by atoms with Gasteiger partial charge in [0.1, 0.15) is 17.5 Å². The Balaban J connectivity index is 3.11. The number of ketones is 2. The Hall–Kier alpha value is -2.01. The topological polar surface area (TPSA) is 72.8 Å². The molecule has 0 N–H and O–H groups in total. The second-order valence-corrected chi connectivity index (χ2v) is 5.70. The van der Waals surface area contributed by atoms with Crippen LogP contribution in [0.2, 0.25) is 5.02 Å². The standard InChI is InChI=1S/C18H22ClNO4/c1-4-7-15(21)13(16(22)8-5-2)11-20-14-10-6-9-12(17(14)19)18(23)24-3/h6,9-11,13H,4-5,7-8H2,1-3H3. The van der Waals surface area contributed by atoms with Crippen molar-refractivity contribution in [1.82, 2.24) is 0 Å². The Morgan fingerprint density at radius 2 is 1.75 bits per heavy atom. The van der Waals surface area contributed by atoms with Gasteiger partial charge in [0, 0.05) is 19.1 Å². The third-order valence-electron chi connectivity index (χ3n) is 3.43. The van der Waals surface area contributed by atoms with Crippen LogP contribution in [0.5, 0.6) is 0 Å². The van der Waals surface area contributed by atoms with Crippen LogP contribution in [-0.4, -0.2) is 30.9 Å². The van der Waals surface area contributed by atoms with Crippen LogP contribution >= 0.6 is 11.6 Å². The van der Waals surface area contributed by atoms with Crippen molar-refractivity contribution in [2.45, 2.75) is 39.5 Å². The van der Waals surface area contributed by atoms with E-state index in [-0.39, 0.29) is 22.2 Å². The molecule has 0 radical (unpaired) electrons. The summed E-state index contributed by atoms with van der Waals surface area (Å²) in [4.78, 5) is 40.2. The van der Waals surface area contributed by atoms with E-state index >= 15 is 0 Å². The minimum atomic E-state index is -0.872. The number of rotatable bonds is 9. The molecular formula is C18H22ClNO4. The van der Waals surface area contributed by atoms with Crippen molar-refractivity contribution < 1.29 is 19.1 Å². The van der Waals surface area contributed by atoms with Crippen LogP contribution in [0.1, 0.15) is 49.9 Å². The number of hydrogen-bond donors (Lipinski definition) is 0. The molecule has 1 aromatic carbocycles. The van der Waals surface area contributed by atoms with Gasteiger partial charge in [-0.25, -0.2) is 4.79 Å². The molecule has 0 aliphatic rings. The van der Waals surface area contributed by atoms with Crippen molar-refractivity contribution in [1.29, 1.82) is 0 Å². The molecule has 1 aromatic rings. The van der Waals surface area contributed by atoms with Gasteiger partial charge in [0.25, 0.3) is 0 Å². The smallest absolute Gasteiger partial charge is 0.339 e. The number of esters is 1. The number of hydrogen-bond acceptors (Lipinski definition) is 5. The van der Waals surface area contributed by atoms with Crippen LogP contribution in [0.15, 0.2) is 23.2 Å². The third-order valence-corrected chi connectivity index (χ3v) is 3.83. The zero-order valence-corrected chi connectivity index (χ0v) is 14.9. The first-order valence-electron chi connectivity index (χ1n) is 7.92. The largest absolute Gasteiger partial charge is 0.465 e. The van der Waals surface area contributed by atoms with Crippen molar-refractivity contribution in [3.05, 3.63) is 28.8 Å². The van der Waals surface area contributed by atoms with E-state index in [0.29, 0.717) is 31.4 Å². The zero-order valence-electron chi connectivity index (χ0n) is 14.2. The molecule has 0 amide bonds. The van der Waals surface area contributed by atoms with E-state index in [9.17, 15) is 14.4 Å². The first kappa shape index (κ1) is 20.0. The molecule has 0 fully saturated rings. The number of benzene rings is 1. The molecule has 0 bridgehead atoms. The van der Waals surface area contributed by atoms with Gasteiger partial charge < -0.3 is 4.74 Å². The first-order chi connectivity index (χ1) is 11.5. The average molecular weight is 352 g/mol. The molecule has 130 valence electrons. The van der Waals surface area contributed by atoms with Gasteiger partial charge in [-0.05, 0) is 25.0 Å². The summed E-state index contributed by atoms with van der Waals surface area (Å²) in [6, 6.07) is 4.74. The Morgan fingerprint density at radius 3 is 2.25 bits per heavy atom. The van der Waals surface area contributed by atoms with Crippen LogP contribution in [0.3, 0.4) is 0 Å². The molecule has 5 nitrogen and oxygen atoms in total. The van der Waals surface area contributed by atoms with Crippen LogP contribution in [-0.2, 0) is 14.3 Å². The van der Waals surface area contributed by atoms with Crippen LogP contribution < -0.4 is 0 Å². The summed E-state index contributed by atoms with van der Waals surface area (Å²) in [6.07, 6.45) is 3.31. The highest BCUT2D eigenvalue weighted by molar-refractivity contribution is 6.36. The maximum Gasteiger partial charge on any atom is 0.339 e. The van der Waals surface area contributed by atoms with Gasteiger partial charge in [0.2, 0.25) is 0 Å². The summed E-state index contributed by atoms with van der Waals surface area (Å²) >= 11 is 6.16. The normalized spacial score (nSPS) is 11.0. The molecule has 0 saturated carbocycles. The summed E-state index contributed by atoms with van der Waals surface area (Å²) in [6.45, 7) is 3.76. The van der Waals surface area contributed by atoms with Crippen LogP contribution in [0.25, 0.3) is 0 Å². The van der Waals surface area contributed by atoms with E-state index in [1.54, 1.807) is 12.1 Å². The van der Waals surface area contributed by atoms with E-state index < -0.39 is 11.9 Å². The van der Waals surface area contributed by atoms with Gasteiger partial charge in [0.05, 0.1) is 23.4 Å². The Labute approximate surface area is 147 Å². The maximum absolute atomic E-state index is 12.2. The van der Waals surface area contributed by atoms with E-state index in [0.717, 1.165) is 0 Å². The molecule has 1 rings (SSSR count). The average Bonchev–Trinajstić information content (AvgIpc) is 2.56. The lowest BCUT2D eigenvalue weighted by Gasteiger charge is -2.10. The van der Waals surface area contributed by atoms with E-state index in [2.05, 4.69) is 9.73 Å². The van der Waals surface area contributed by atoms with Crippen LogP contribution in [0, 0.1) is 5.92 Å². The Bertz CT molecular complexity index is 622. The molecule has 0 atom stereocenters. The third kappa shape index (κ3) is 5.27. The first-order valence-corrected chi connectivity index (χ1v) is 8.30. The lowest BCUT2D eigenvalue weighted by molar-refractivity contribution is -0.129. The predicted octanol–water partition coefficient (Wildman–Crippen LogP) is 4.18. The maximum atomic E-state index is 12.2. The van der Waals surface area contributed by atoms with Gasteiger partial charge in [0.15, 0.2) is 0 Å². The van der Waals surface area contributed by atoms with E-state index in [1.807, 2.05) is 13.8 Å². The van der Waals surface area contributed by atoms with Gasteiger partial charge in [-0.2, -0.15) is 0 Å². The molecule has 24 heavy (non-hydrogen) atoms. The fraction of sp³-hybridized carbons (Fsp3) is 0.444. The number of halogens is 1. The second-order valence-electron chi connectivity index (χ2n) is 5.32. The Kier molecular flexibility index (Phi) is 8.33. The molecule has 0 aliphatic carbocycles. The fourth-order valence-electron chi connectivity index (χ4n) is 2.19.